The number of carbonyl (C=O) groups is 2. The largest absolute Gasteiger partial charge is 0.431 e. The fraction of sp³-hybridized carbons (Fsp3) is 0.231. The highest BCUT2D eigenvalue weighted by Gasteiger charge is 2.25. The number of halogens is 1. The van der Waals surface area contributed by atoms with E-state index in [1.54, 1.807) is 48.5 Å². The maximum atomic E-state index is 13.0. The van der Waals surface area contributed by atoms with Crippen LogP contribution in [0.1, 0.15) is 17.2 Å². The van der Waals surface area contributed by atoms with Crippen molar-refractivity contribution in [1.82, 2.24) is 5.32 Å². The molecule has 8 heteroatoms. The molecule has 0 radical (unpaired) electrons. The minimum absolute atomic E-state index is 0.313. The van der Waals surface area contributed by atoms with Gasteiger partial charge in [0.1, 0.15) is 0 Å². The summed E-state index contributed by atoms with van der Waals surface area (Å²) in [4.78, 5) is 27.8. The highest BCUT2D eigenvalue weighted by atomic mass is 35.5. The minimum Gasteiger partial charge on any atom is -0.431 e. The van der Waals surface area contributed by atoms with Gasteiger partial charge in [-0.1, -0.05) is 54.1 Å². The molecular weight excluding hydrogens is 454 g/mol. The predicted octanol–water partition coefficient (Wildman–Crippen LogP) is 4.78. The molecule has 1 atom stereocenters. The van der Waals surface area contributed by atoms with Gasteiger partial charge in [-0.25, -0.2) is 4.79 Å². The molecule has 2 amide bonds. The number of hydrogen-bond acceptors (Lipinski definition) is 5. The Kier molecular flexibility index (Phi) is 8.01. The van der Waals surface area contributed by atoms with Crippen LogP contribution in [0.4, 0.5) is 16.2 Å². The summed E-state index contributed by atoms with van der Waals surface area (Å²) in [5, 5.41) is 6.05. The first-order valence-corrected chi connectivity index (χ1v) is 11.4. The van der Waals surface area contributed by atoms with Gasteiger partial charge in [-0.3, -0.25) is 10.1 Å². The number of amides is 2. The molecule has 1 aliphatic heterocycles. The van der Waals surface area contributed by atoms with Gasteiger partial charge in [0.2, 0.25) is 6.10 Å². The smallest absolute Gasteiger partial charge is 0.412 e. The number of hydrogen-bond donors (Lipinski definition) is 2. The van der Waals surface area contributed by atoms with Crippen molar-refractivity contribution in [3.8, 4) is 0 Å². The van der Waals surface area contributed by atoms with Crippen molar-refractivity contribution in [2.75, 3.05) is 36.5 Å². The van der Waals surface area contributed by atoms with E-state index >= 15 is 0 Å². The van der Waals surface area contributed by atoms with Crippen molar-refractivity contribution in [2.45, 2.75) is 12.6 Å². The highest BCUT2D eigenvalue weighted by Crippen LogP contribution is 2.21. The van der Waals surface area contributed by atoms with Crippen LogP contribution in [0.15, 0.2) is 78.9 Å². The molecule has 2 N–H and O–H groups in total. The van der Waals surface area contributed by atoms with Crippen LogP contribution in [-0.4, -0.2) is 38.3 Å². The molecule has 0 bridgehead atoms. The fourth-order valence-corrected chi connectivity index (χ4v) is 3.74. The summed E-state index contributed by atoms with van der Waals surface area (Å²) in [7, 11) is 0. The van der Waals surface area contributed by atoms with Crippen LogP contribution in [0.5, 0.6) is 0 Å². The Morgan fingerprint density at radius 1 is 0.941 bits per heavy atom. The number of nitrogens with one attached hydrogen (secondary N) is 2. The normalized spacial score (nSPS) is 14.2. The van der Waals surface area contributed by atoms with Gasteiger partial charge in [-0.15, -0.1) is 0 Å². The van der Waals surface area contributed by atoms with Gasteiger partial charge in [-0.05, 0) is 42.0 Å². The zero-order valence-corrected chi connectivity index (χ0v) is 19.3. The van der Waals surface area contributed by atoms with Crippen LogP contribution in [0.25, 0.3) is 0 Å². The summed E-state index contributed by atoms with van der Waals surface area (Å²) >= 11 is 5.88. The van der Waals surface area contributed by atoms with Gasteiger partial charge in [0.25, 0.3) is 5.91 Å². The van der Waals surface area contributed by atoms with Gasteiger partial charge in [0.15, 0.2) is 0 Å². The van der Waals surface area contributed by atoms with Gasteiger partial charge in [-0.2, -0.15) is 0 Å². The lowest BCUT2D eigenvalue weighted by Gasteiger charge is -2.29. The molecule has 0 unspecified atom stereocenters. The number of ether oxygens (including phenoxy) is 2. The third-order valence-corrected chi connectivity index (χ3v) is 5.69. The summed E-state index contributed by atoms with van der Waals surface area (Å²) in [6, 6.07) is 23.6. The fourth-order valence-electron chi connectivity index (χ4n) is 3.62. The lowest BCUT2D eigenvalue weighted by molar-refractivity contribution is -0.129. The molecule has 0 spiro atoms. The molecular formula is C26H26ClN3O4. The summed E-state index contributed by atoms with van der Waals surface area (Å²) in [5.41, 5.74) is 3.17. The summed E-state index contributed by atoms with van der Waals surface area (Å²) in [5.74, 6) is -0.408. The van der Waals surface area contributed by atoms with E-state index in [2.05, 4.69) is 15.5 Å². The molecule has 1 fully saturated rings. The lowest BCUT2D eigenvalue weighted by Crippen LogP contribution is -2.36. The molecule has 1 saturated heterocycles. The number of carbonyl (C=O) groups excluding carboxylic acids is 2. The van der Waals surface area contributed by atoms with Crippen molar-refractivity contribution in [3.05, 3.63) is 95.0 Å². The lowest BCUT2D eigenvalue weighted by atomic mass is 10.1. The average molecular weight is 480 g/mol. The highest BCUT2D eigenvalue weighted by molar-refractivity contribution is 6.30. The van der Waals surface area contributed by atoms with Crippen molar-refractivity contribution < 1.29 is 19.1 Å². The molecule has 0 aromatic heterocycles. The zero-order chi connectivity index (χ0) is 23.8. The molecule has 3 aromatic carbocycles. The predicted molar refractivity (Wildman–Crippen MR) is 132 cm³/mol. The minimum atomic E-state index is -1.10. The van der Waals surface area contributed by atoms with Gasteiger partial charge in [0.05, 0.1) is 13.2 Å². The maximum Gasteiger partial charge on any atom is 0.412 e. The van der Waals surface area contributed by atoms with Crippen LogP contribution in [0.3, 0.4) is 0 Å². The van der Waals surface area contributed by atoms with E-state index in [4.69, 9.17) is 21.1 Å². The van der Waals surface area contributed by atoms with Crippen LogP contribution in [-0.2, 0) is 20.8 Å². The van der Waals surface area contributed by atoms with Crippen molar-refractivity contribution >= 4 is 35.0 Å². The third-order valence-electron chi connectivity index (χ3n) is 5.44. The van der Waals surface area contributed by atoms with Gasteiger partial charge >= 0.3 is 6.09 Å². The second kappa shape index (κ2) is 11.5. The molecule has 3 aromatic rings. The molecule has 34 heavy (non-hydrogen) atoms. The Morgan fingerprint density at radius 2 is 1.62 bits per heavy atom. The first-order valence-electron chi connectivity index (χ1n) is 11.1. The molecule has 1 aliphatic rings. The standard InChI is InChI=1S/C26H26ClN3O4/c27-21-8-10-22(11-9-21)29-26(32)34-24(20-4-2-1-3-5-20)25(31)28-18-19-6-12-23(13-7-19)30-14-16-33-17-15-30/h1-13,24H,14-18H2,(H,28,31)(H,29,32)/t24-/m1/s1. The summed E-state index contributed by atoms with van der Waals surface area (Å²) in [6.45, 7) is 3.50. The van der Waals surface area contributed by atoms with Crippen LogP contribution in [0, 0.1) is 0 Å². The van der Waals surface area contributed by atoms with Gasteiger partial charge < -0.3 is 19.7 Å². The second-order valence-corrected chi connectivity index (χ2v) is 8.25. The molecule has 7 nitrogen and oxygen atoms in total. The maximum absolute atomic E-state index is 13.0. The Bertz CT molecular complexity index is 1090. The Morgan fingerprint density at radius 3 is 2.29 bits per heavy atom. The van der Waals surface area contributed by atoms with E-state index in [9.17, 15) is 9.59 Å². The van der Waals surface area contributed by atoms with E-state index in [1.165, 1.54) is 0 Å². The SMILES string of the molecule is O=C(Nc1ccc(Cl)cc1)O[C@@H](C(=O)NCc1ccc(N2CCOCC2)cc1)c1ccccc1. The molecule has 4 rings (SSSR count). The van der Waals surface area contributed by atoms with Gasteiger partial charge in [0, 0.05) is 41.6 Å². The Balaban J connectivity index is 1.38. The molecule has 176 valence electrons. The number of rotatable bonds is 7. The zero-order valence-electron chi connectivity index (χ0n) is 18.6. The quantitative estimate of drug-likeness (QED) is 0.509. The Hall–Kier alpha value is -3.55. The van der Waals surface area contributed by atoms with Crippen LogP contribution >= 0.6 is 11.6 Å². The van der Waals surface area contributed by atoms with Crippen LogP contribution < -0.4 is 15.5 Å². The summed E-state index contributed by atoms with van der Waals surface area (Å²) < 4.78 is 10.9. The van der Waals surface area contributed by atoms with E-state index in [-0.39, 0.29) is 0 Å². The number of anilines is 2. The number of benzene rings is 3. The second-order valence-electron chi connectivity index (χ2n) is 7.81. The van der Waals surface area contributed by atoms with E-state index in [0.29, 0.717) is 22.8 Å². The Labute approximate surface area is 203 Å². The molecule has 0 saturated carbocycles. The van der Waals surface area contributed by atoms with E-state index < -0.39 is 18.1 Å². The van der Waals surface area contributed by atoms with E-state index in [1.807, 2.05) is 30.3 Å². The van der Waals surface area contributed by atoms with Crippen LogP contribution in [0.2, 0.25) is 5.02 Å². The number of nitrogens with zero attached hydrogens (tertiary/aromatic N) is 1. The van der Waals surface area contributed by atoms with Crippen molar-refractivity contribution in [3.63, 3.8) is 0 Å². The van der Waals surface area contributed by atoms with Crippen molar-refractivity contribution in [1.29, 1.82) is 0 Å². The molecule has 1 heterocycles. The average Bonchev–Trinajstić information content (AvgIpc) is 2.88. The van der Waals surface area contributed by atoms with E-state index in [0.717, 1.165) is 37.6 Å². The molecule has 0 aliphatic carbocycles. The summed E-state index contributed by atoms with van der Waals surface area (Å²) in [6.07, 6.45) is -1.83. The first-order chi connectivity index (χ1) is 16.6. The topological polar surface area (TPSA) is 79.9 Å². The first kappa shape index (κ1) is 23.6. The third kappa shape index (κ3) is 6.50. The number of morpholine rings is 1. The van der Waals surface area contributed by atoms with Crippen molar-refractivity contribution in [2.24, 2.45) is 0 Å². The monoisotopic (exact) mass is 479 g/mol.